The van der Waals surface area contributed by atoms with Crippen LogP contribution in [-0.4, -0.2) is 42.5 Å². The molecule has 1 saturated heterocycles. The lowest BCUT2D eigenvalue weighted by atomic mass is 9.97. The molecule has 1 aliphatic heterocycles. The second-order valence-electron chi connectivity index (χ2n) is 8.20. The van der Waals surface area contributed by atoms with Crippen molar-refractivity contribution in [2.45, 2.75) is 57.7 Å². The summed E-state index contributed by atoms with van der Waals surface area (Å²) in [5, 5.41) is 8.86. The summed E-state index contributed by atoms with van der Waals surface area (Å²) in [5.74, 6) is 3.56. The number of hydrogen-bond donors (Lipinski definition) is 0. The van der Waals surface area contributed by atoms with Crippen LogP contribution in [0.25, 0.3) is 0 Å². The molecule has 29 heavy (non-hydrogen) atoms. The van der Waals surface area contributed by atoms with Gasteiger partial charge in [0.1, 0.15) is 5.82 Å². The highest BCUT2D eigenvalue weighted by Gasteiger charge is 2.31. The zero-order valence-electron chi connectivity index (χ0n) is 16.7. The van der Waals surface area contributed by atoms with E-state index >= 15 is 0 Å². The van der Waals surface area contributed by atoms with Gasteiger partial charge in [-0.2, -0.15) is 10.1 Å². The van der Waals surface area contributed by atoms with Crippen molar-refractivity contribution >= 4 is 12.2 Å². The molecule has 1 aromatic carbocycles. The van der Waals surface area contributed by atoms with Gasteiger partial charge in [-0.3, -0.25) is 9.47 Å². The summed E-state index contributed by atoms with van der Waals surface area (Å²) < 4.78 is 10.4. The normalized spacial score (nSPS) is 18.4. The van der Waals surface area contributed by atoms with Crippen molar-refractivity contribution in [1.82, 2.24) is 29.4 Å². The number of likely N-dealkylation sites (tertiary alicyclic amines) is 1. The van der Waals surface area contributed by atoms with Gasteiger partial charge < -0.3 is 4.52 Å². The van der Waals surface area contributed by atoms with Gasteiger partial charge in [0.25, 0.3) is 0 Å². The van der Waals surface area contributed by atoms with E-state index in [0.29, 0.717) is 17.7 Å². The summed E-state index contributed by atoms with van der Waals surface area (Å²) in [4.78, 5) is 6.83. The molecule has 152 valence electrons. The Morgan fingerprint density at radius 3 is 2.48 bits per heavy atom. The van der Waals surface area contributed by atoms with E-state index in [4.69, 9.17) is 21.8 Å². The molecule has 0 bridgehead atoms. The number of benzene rings is 1. The topological polar surface area (TPSA) is 64.9 Å². The Bertz CT molecular complexity index is 1030. The zero-order valence-corrected chi connectivity index (χ0v) is 17.5. The molecule has 0 unspecified atom stereocenters. The van der Waals surface area contributed by atoms with E-state index < -0.39 is 0 Å². The SMILES string of the molecule is Cc1noc(C2CCN(Cn3nc(C4CC4)n(Cc4ccccc4)c3=S)CC2)n1. The number of piperidine rings is 1. The Balaban J connectivity index is 1.29. The fourth-order valence-electron chi connectivity index (χ4n) is 4.10. The summed E-state index contributed by atoms with van der Waals surface area (Å²) in [6.45, 7) is 5.38. The molecule has 1 aliphatic carbocycles. The molecular weight excluding hydrogens is 384 g/mol. The highest BCUT2D eigenvalue weighted by atomic mass is 32.1. The van der Waals surface area contributed by atoms with Gasteiger partial charge in [0.15, 0.2) is 10.6 Å². The van der Waals surface area contributed by atoms with Crippen LogP contribution in [0.4, 0.5) is 0 Å². The van der Waals surface area contributed by atoms with Gasteiger partial charge in [0.2, 0.25) is 5.89 Å². The Labute approximate surface area is 175 Å². The third kappa shape index (κ3) is 4.04. The maximum Gasteiger partial charge on any atom is 0.229 e. The first-order valence-corrected chi connectivity index (χ1v) is 10.8. The van der Waals surface area contributed by atoms with Crippen molar-refractivity contribution in [2.75, 3.05) is 13.1 Å². The van der Waals surface area contributed by atoms with Crippen LogP contribution in [0.5, 0.6) is 0 Å². The number of aromatic nitrogens is 5. The van der Waals surface area contributed by atoms with Crippen LogP contribution < -0.4 is 0 Å². The summed E-state index contributed by atoms with van der Waals surface area (Å²) >= 11 is 5.83. The van der Waals surface area contributed by atoms with E-state index in [1.807, 2.05) is 17.7 Å². The monoisotopic (exact) mass is 410 g/mol. The Hall–Kier alpha value is -2.32. The van der Waals surface area contributed by atoms with E-state index in [-0.39, 0.29) is 0 Å². The van der Waals surface area contributed by atoms with Crippen molar-refractivity contribution in [3.05, 3.63) is 58.2 Å². The van der Waals surface area contributed by atoms with Crippen LogP contribution >= 0.6 is 12.2 Å². The van der Waals surface area contributed by atoms with Crippen molar-refractivity contribution in [3.63, 3.8) is 0 Å². The fourth-order valence-corrected chi connectivity index (χ4v) is 4.35. The van der Waals surface area contributed by atoms with Gasteiger partial charge in [-0.15, -0.1) is 0 Å². The predicted molar refractivity (Wildman–Crippen MR) is 111 cm³/mol. The highest BCUT2D eigenvalue weighted by Crippen LogP contribution is 2.39. The third-order valence-corrected chi connectivity index (χ3v) is 6.32. The van der Waals surface area contributed by atoms with Crippen LogP contribution in [-0.2, 0) is 13.2 Å². The predicted octanol–water partition coefficient (Wildman–Crippen LogP) is 3.87. The molecule has 2 fully saturated rings. The minimum atomic E-state index is 0.359. The van der Waals surface area contributed by atoms with E-state index in [1.165, 1.54) is 18.4 Å². The summed E-state index contributed by atoms with van der Waals surface area (Å²) in [6.07, 6.45) is 4.48. The number of nitrogens with zero attached hydrogens (tertiary/aromatic N) is 6. The molecule has 0 amide bonds. The van der Waals surface area contributed by atoms with Gasteiger partial charge in [-0.25, -0.2) is 4.68 Å². The van der Waals surface area contributed by atoms with Gasteiger partial charge in [-0.05, 0) is 50.4 Å². The van der Waals surface area contributed by atoms with Crippen molar-refractivity contribution in [1.29, 1.82) is 0 Å². The fraction of sp³-hybridized carbons (Fsp3) is 0.524. The standard InChI is InChI=1S/C21H26N6OS/c1-15-22-20(28-24-15)18-9-11-25(12-10-18)14-27-21(29)26(19(23-27)17-7-8-17)13-16-5-3-2-4-6-16/h2-6,17-18H,7-14H2,1H3. The first-order chi connectivity index (χ1) is 14.2. The lowest BCUT2D eigenvalue weighted by Crippen LogP contribution is -2.35. The molecule has 1 saturated carbocycles. The minimum Gasteiger partial charge on any atom is -0.339 e. The summed E-state index contributed by atoms with van der Waals surface area (Å²) in [7, 11) is 0. The largest absolute Gasteiger partial charge is 0.339 e. The first kappa shape index (κ1) is 18.7. The molecule has 0 N–H and O–H groups in total. The number of hydrogen-bond acceptors (Lipinski definition) is 6. The smallest absolute Gasteiger partial charge is 0.229 e. The van der Waals surface area contributed by atoms with Crippen LogP contribution in [0.1, 0.15) is 60.6 Å². The molecule has 0 radical (unpaired) electrons. The molecule has 2 aliphatic rings. The van der Waals surface area contributed by atoms with Crippen LogP contribution in [0, 0.1) is 11.7 Å². The van der Waals surface area contributed by atoms with Crippen molar-refractivity contribution in [3.8, 4) is 0 Å². The Kier molecular flexibility index (Phi) is 5.05. The van der Waals surface area contributed by atoms with Crippen LogP contribution in [0.15, 0.2) is 34.9 Å². The highest BCUT2D eigenvalue weighted by molar-refractivity contribution is 7.71. The second kappa shape index (κ2) is 7.84. The molecule has 0 atom stereocenters. The zero-order chi connectivity index (χ0) is 19.8. The molecule has 8 heteroatoms. The Morgan fingerprint density at radius 1 is 1.07 bits per heavy atom. The summed E-state index contributed by atoms with van der Waals surface area (Å²) in [5.41, 5.74) is 1.26. The molecule has 5 rings (SSSR count). The quantitative estimate of drug-likeness (QED) is 0.575. The molecule has 3 aromatic rings. The van der Waals surface area contributed by atoms with Crippen molar-refractivity contribution in [2.24, 2.45) is 0 Å². The average Bonchev–Trinajstić information content (AvgIpc) is 3.43. The molecule has 7 nitrogen and oxygen atoms in total. The van der Waals surface area contributed by atoms with Crippen LogP contribution in [0.3, 0.4) is 0 Å². The molecular formula is C21H26N6OS. The molecule has 2 aromatic heterocycles. The van der Waals surface area contributed by atoms with Gasteiger partial charge in [-0.1, -0.05) is 35.5 Å². The van der Waals surface area contributed by atoms with E-state index in [1.54, 1.807) is 0 Å². The van der Waals surface area contributed by atoms with E-state index in [9.17, 15) is 0 Å². The Morgan fingerprint density at radius 2 is 1.83 bits per heavy atom. The first-order valence-electron chi connectivity index (χ1n) is 10.4. The summed E-state index contributed by atoms with van der Waals surface area (Å²) in [6, 6.07) is 10.5. The maximum atomic E-state index is 5.83. The van der Waals surface area contributed by atoms with Gasteiger partial charge in [0, 0.05) is 24.9 Å². The second-order valence-corrected chi connectivity index (χ2v) is 8.57. The lowest BCUT2D eigenvalue weighted by Gasteiger charge is -2.29. The van der Waals surface area contributed by atoms with Gasteiger partial charge >= 0.3 is 0 Å². The lowest BCUT2D eigenvalue weighted by molar-refractivity contribution is 0.149. The molecule has 0 spiro atoms. The number of aryl methyl sites for hydroxylation is 1. The maximum absolute atomic E-state index is 5.83. The van der Waals surface area contributed by atoms with Crippen molar-refractivity contribution < 1.29 is 4.52 Å². The number of rotatable bonds is 6. The minimum absolute atomic E-state index is 0.359. The van der Waals surface area contributed by atoms with E-state index in [0.717, 1.165) is 55.6 Å². The third-order valence-electron chi connectivity index (χ3n) is 5.89. The van der Waals surface area contributed by atoms with E-state index in [2.05, 4.69) is 43.9 Å². The van der Waals surface area contributed by atoms with Gasteiger partial charge in [0.05, 0.1) is 13.2 Å². The van der Waals surface area contributed by atoms with Crippen LogP contribution in [0.2, 0.25) is 0 Å². The molecule has 3 heterocycles. The average molecular weight is 411 g/mol.